The molecular formula is C26H21FN2O5. The summed E-state index contributed by atoms with van der Waals surface area (Å²) in [6.07, 6.45) is 1.35. The summed E-state index contributed by atoms with van der Waals surface area (Å²) >= 11 is 0. The van der Waals surface area contributed by atoms with E-state index in [4.69, 9.17) is 9.47 Å². The summed E-state index contributed by atoms with van der Waals surface area (Å²) in [7, 11) is 1.49. The first kappa shape index (κ1) is 22.7. The van der Waals surface area contributed by atoms with Crippen LogP contribution >= 0.6 is 0 Å². The summed E-state index contributed by atoms with van der Waals surface area (Å²) in [5.74, 6) is -1.26. The Balaban J connectivity index is 1.59. The fraction of sp³-hybridized carbons (Fsp3) is 0.115. The van der Waals surface area contributed by atoms with Gasteiger partial charge in [-0.1, -0.05) is 35.9 Å². The maximum Gasteiger partial charge on any atom is 0.335 e. The van der Waals surface area contributed by atoms with E-state index in [1.165, 1.54) is 25.3 Å². The molecule has 4 amide bonds. The average Bonchev–Trinajstić information content (AvgIpc) is 2.82. The van der Waals surface area contributed by atoms with Crippen molar-refractivity contribution in [1.29, 1.82) is 0 Å². The first-order valence-electron chi connectivity index (χ1n) is 10.4. The third-order valence-corrected chi connectivity index (χ3v) is 5.16. The van der Waals surface area contributed by atoms with Crippen LogP contribution in [0.2, 0.25) is 0 Å². The molecule has 1 aliphatic rings. The summed E-state index contributed by atoms with van der Waals surface area (Å²) in [5.41, 5.74) is 2.51. The highest BCUT2D eigenvalue weighted by atomic mass is 19.1. The Hall–Kier alpha value is -4.46. The molecule has 34 heavy (non-hydrogen) atoms. The second-order valence-corrected chi connectivity index (χ2v) is 7.62. The Labute approximate surface area is 195 Å². The molecular weight excluding hydrogens is 439 g/mol. The fourth-order valence-electron chi connectivity index (χ4n) is 3.50. The number of hydrogen-bond acceptors (Lipinski definition) is 5. The van der Waals surface area contributed by atoms with E-state index in [1.54, 1.807) is 18.2 Å². The molecule has 3 aromatic rings. The third kappa shape index (κ3) is 4.80. The maximum absolute atomic E-state index is 13.3. The van der Waals surface area contributed by atoms with Crippen LogP contribution in [-0.4, -0.2) is 25.0 Å². The number of imide groups is 2. The Kier molecular flexibility index (Phi) is 6.40. The van der Waals surface area contributed by atoms with Gasteiger partial charge in [-0.25, -0.2) is 14.1 Å². The lowest BCUT2D eigenvalue weighted by atomic mass is 10.1. The topological polar surface area (TPSA) is 84.9 Å². The van der Waals surface area contributed by atoms with Gasteiger partial charge in [0, 0.05) is 0 Å². The summed E-state index contributed by atoms with van der Waals surface area (Å²) in [4.78, 5) is 38.4. The van der Waals surface area contributed by atoms with Crippen LogP contribution in [0.15, 0.2) is 72.3 Å². The zero-order valence-corrected chi connectivity index (χ0v) is 18.5. The number of carbonyl (C=O) groups is 3. The quantitative estimate of drug-likeness (QED) is 0.436. The smallest absolute Gasteiger partial charge is 0.335 e. The number of benzene rings is 3. The molecule has 0 bridgehead atoms. The van der Waals surface area contributed by atoms with Crippen molar-refractivity contribution in [3.63, 3.8) is 0 Å². The van der Waals surface area contributed by atoms with E-state index in [1.807, 2.05) is 31.2 Å². The number of aryl methyl sites for hydroxylation is 1. The molecule has 4 rings (SSSR count). The minimum atomic E-state index is -0.906. The average molecular weight is 460 g/mol. The lowest BCUT2D eigenvalue weighted by molar-refractivity contribution is -0.122. The Morgan fingerprint density at radius 2 is 1.74 bits per heavy atom. The normalized spacial score (nSPS) is 14.9. The van der Waals surface area contributed by atoms with Gasteiger partial charge < -0.3 is 9.47 Å². The van der Waals surface area contributed by atoms with Crippen molar-refractivity contribution < 1.29 is 28.2 Å². The Morgan fingerprint density at radius 1 is 0.971 bits per heavy atom. The molecule has 1 heterocycles. The second-order valence-electron chi connectivity index (χ2n) is 7.62. The van der Waals surface area contributed by atoms with Gasteiger partial charge in [-0.2, -0.15) is 0 Å². The van der Waals surface area contributed by atoms with E-state index in [2.05, 4.69) is 5.32 Å². The molecule has 1 saturated heterocycles. The van der Waals surface area contributed by atoms with Gasteiger partial charge in [0.1, 0.15) is 18.0 Å². The van der Waals surface area contributed by atoms with E-state index in [-0.39, 0.29) is 11.3 Å². The standard InChI is InChI=1S/C26H21FN2O5/c1-16-4-3-5-18(12-16)15-34-22-11-6-17(14-23(22)33-2)13-21-24(30)28-26(32)29(25(21)31)20-9-7-19(27)8-10-20/h3-14H,15H2,1-2H3,(H,28,30,32)/b21-13+. The molecule has 7 nitrogen and oxygen atoms in total. The molecule has 1 N–H and O–H groups in total. The summed E-state index contributed by atoms with van der Waals surface area (Å²) in [5, 5.41) is 2.14. The van der Waals surface area contributed by atoms with Gasteiger partial charge in [-0.05, 0) is 60.5 Å². The van der Waals surface area contributed by atoms with Crippen LogP contribution < -0.4 is 19.7 Å². The van der Waals surface area contributed by atoms with Crippen LogP contribution in [0, 0.1) is 12.7 Å². The summed E-state index contributed by atoms with van der Waals surface area (Å²) in [6, 6.07) is 16.8. The second kappa shape index (κ2) is 9.58. The van der Waals surface area contributed by atoms with E-state index in [9.17, 15) is 18.8 Å². The predicted molar refractivity (Wildman–Crippen MR) is 124 cm³/mol. The number of halogens is 1. The molecule has 0 unspecified atom stereocenters. The maximum atomic E-state index is 13.3. The molecule has 1 fully saturated rings. The molecule has 172 valence electrons. The van der Waals surface area contributed by atoms with E-state index >= 15 is 0 Å². The van der Waals surface area contributed by atoms with Crippen molar-refractivity contribution in [3.8, 4) is 11.5 Å². The van der Waals surface area contributed by atoms with Crippen LogP contribution in [-0.2, 0) is 16.2 Å². The molecule has 1 aliphatic heterocycles. The number of amides is 4. The number of methoxy groups -OCH3 is 1. The molecule has 0 radical (unpaired) electrons. The molecule has 0 aromatic heterocycles. The van der Waals surface area contributed by atoms with Crippen molar-refractivity contribution in [2.24, 2.45) is 0 Å². The molecule has 0 aliphatic carbocycles. The zero-order valence-electron chi connectivity index (χ0n) is 18.5. The van der Waals surface area contributed by atoms with Crippen LogP contribution in [0.3, 0.4) is 0 Å². The van der Waals surface area contributed by atoms with Crippen molar-refractivity contribution in [2.75, 3.05) is 12.0 Å². The van der Waals surface area contributed by atoms with Crippen molar-refractivity contribution in [2.45, 2.75) is 13.5 Å². The summed E-state index contributed by atoms with van der Waals surface area (Å²) in [6.45, 7) is 2.34. The van der Waals surface area contributed by atoms with Gasteiger partial charge in [-0.3, -0.25) is 14.9 Å². The van der Waals surface area contributed by atoms with Gasteiger partial charge in [0.25, 0.3) is 11.8 Å². The zero-order chi connectivity index (χ0) is 24.2. The molecule has 3 aromatic carbocycles. The van der Waals surface area contributed by atoms with Gasteiger partial charge in [-0.15, -0.1) is 0 Å². The van der Waals surface area contributed by atoms with Crippen LogP contribution in [0.5, 0.6) is 11.5 Å². The minimum Gasteiger partial charge on any atom is -0.493 e. The number of ether oxygens (including phenoxy) is 2. The highest BCUT2D eigenvalue weighted by molar-refractivity contribution is 6.39. The van der Waals surface area contributed by atoms with E-state index in [0.717, 1.165) is 28.2 Å². The number of nitrogens with zero attached hydrogens (tertiary/aromatic N) is 1. The molecule has 0 saturated carbocycles. The molecule has 8 heteroatoms. The lowest BCUT2D eigenvalue weighted by Gasteiger charge is -2.26. The largest absolute Gasteiger partial charge is 0.493 e. The first-order chi connectivity index (χ1) is 16.4. The number of carbonyl (C=O) groups excluding carboxylic acids is 3. The van der Waals surface area contributed by atoms with Crippen molar-refractivity contribution >= 4 is 29.6 Å². The van der Waals surface area contributed by atoms with Crippen molar-refractivity contribution in [1.82, 2.24) is 5.32 Å². The summed E-state index contributed by atoms with van der Waals surface area (Å²) < 4.78 is 24.6. The monoisotopic (exact) mass is 460 g/mol. The highest BCUT2D eigenvalue weighted by Gasteiger charge is 2.36. The molecule has 0 spiro atoms. The Morgan fingerprint density at radius 3 is 2.44 bits per heavy atom. The highest BCUT2D eigenvalue weighted by Crippen LogP contribution is 2.30. The van der Waals surface area contributed by atoms with E-state index < -0.39 is 23.7 Å². The number of urea groups is 1. The van der Waals surface area contributed by atoms with Crippen LogP contribution in [0.25, 0.3) is 6.08 Å². The van der Waals surface area contributed by atoms with Gasteiger partial charge in [0.2, 0.25) is 0 Å². The number of anilines is 1. The first-order valence-corrected chi connectivity index (χ1v) is 10.4. The van der Waals surface area contributed by atoms with Gasteiger partial charge in [0.05, 0.1) is 12.8 Å². The lowest BCUT2D eigenvalue weighted by Crippen LogP contribution is -2.54. The van der Waals surface area contributed by atoms with Gasteiger partial charge >= 0.3 is 6.03 Å². The molecule has 0 atom stereocenters. The Bertz CT molecular complexity index is 1300. The predicted octanol–water partition coefficient (Wildman–Crippen LogP) is 4.39. The number of nitrogens with one attached hydrogen (secondary N) is 1. The van der Waals surface area contributed by atoms with Gasteiger partial charge in [0.15, 0.2) is 11.5 Å². The third-order valence-electron chi connectivity index (χ3n) is 5.16. The number of barbiturate groups is 1. The van der Waals surface area contributed by atoms with Crippen molar-refractivity contribution in [3.05, 3.63) is 94.8 Å². The number of rotatable bonds is 6. The van der Waals surface area contributed by atoms with E-state index in [0.29, 0.717) is 23.7 Å². The van der Waals surface area contributed by atoms with Crippen LogP contribution in [0.1, 0.15) is 16.7 Å². The number of hydrogen-bond donors (Lipinski definition) is 1. The fourth-order valence-corrected chi connectivity index (χ4v) is 3.50. The minimum absolute atomic E-state index is 0.139. The van der Waals surface area contributed by atoms with Crippen LogP contribution in [0.4, 0.5) is 14.9 Å². The SMILES string of the molecule is COc1cc(/C=C2\C(=O)NC(=O)N(c3ccc(F)cc3)C2=O)ccc1OCc1cccc(C)c1.